The van der Waals surface area contributed by atoms with Crippen molar-refractivity contribution in [2.45, 2.75) is 19.8 Å². The molecule has 0 aliphatic carbocycles. The summed E-state index contributed by atoms with van der Waals surface area (Å²) in [7, 11) is 0. The molecule has 1 amide bonds. The van der Waals surface area contributed by atoms with Crippen LogP contribution in [0, 0.1) is 0 Å². The zero-order valence-electron chi connectivity index (χ0n) is 10.9. The van der Waals surface area contributed by atoms with Crippen LogP contribution in [0.1, 0.15) is 29.3 Å². The van der Waals surface area contributed by atoms with Crippen LogP contribution in [0.5, 0.6) is 0 Å². The molecule has 0 fully saturated rings. The highest BCUT2D eigenvalue weighted by molar-refractivity contribution is 7.82. The van der Waals surface area contributed by atoms with E-state index in [9.17, 15) is 4.79 Å². The second-order valence-electron chi connectivity index (χ2n) is 4.36. The number of aryl methyl sites for hydroxylation is 1. The minimum atomic E-state index is -0.104. The van der Waals surface area contributed by atoms with E-state index in [0.717, 1.165) is 24.1 Å². The maximum Gasteiger partial charge on any atom is 0.268 e. The van der Waals surface area contributed by atoms with Crippen LogP contribution in [0.15, 0.2) is 54.6 Å². The standard InChI is InChI=1S/C16H17NOS/c1-2-8-13-9-6-7-12-15(13)17(19)16(18)14-10-4-3-5-11-14/h3-7,9-12,19H,2,8H2,1H3. The van der Waals surface area contributed by atoms with E-state index in [4.69, 9.17) is 0 Å². The second kappa shape index (κ2) is 6.43. The first-order valence-electron chi connectivity index (χ1n) is 6.40. The molecule has 0 heterocycles. The van der Waals surface area contributed by atoms with Crippen LogP contribution >= 0.6 is 12.8 Å². The van der Waals surface area contributed by atoms with Crippen molar-refractivity contribution in [1.29, 1.82) is 0 Å². The van der Waals surface area contributed by atoms with Crippen LogP contribution < -0.4 is 4.31 Å². The molecule has 0 aromatic heterocycles. The molecule has 98 valence electrons. The molecule has 0 bridgehead atoms. The number of carbonyl (C=O) groups excluding carboxylic acids is 1. The van der Waals surface area contributed by atoms with E-state index in [-0.39, 0.29) is 5.91 Å². The minimum Gasteiger partial charge on any atom is -0.268 e. The van der Waals surface area contributed by atoms with Crippen molar-refractivity contribution >= 4 is 24.4 Å². The first-order valence-corrected chi connectivity index (χ1v) is 6.80. The molecule has 2 aromatic carbocycles. The van der Waals surface area contributed by atoms with Gasteiger partial charge in [0, 0.05) is 5.56 Å². The highest BCUT2D eigenvalue weighted by Crippen LogP contribution is 2.25. The molecule has 2 aromatic rings. The van der Waals surface area contributed by atoms with Gasteiger partial charge in [0.05, 0.1) is 5.69 Å². The fraction of sp³-hybridized carbons (Fsp3) is 0.188. The number of thiol groups is 1. The molecule has 0 spiro atoms. The van der Waals surface area contributed by atoms with Gasteiger partial charge < -0.3 is 0 Å². The van der Waals surface area contributed by atoms with Gasteiger partial charge in [-0.1, -0.05) is 62.6 Å². The molecule has 0 radical (unpaired) electrons. The topological polar surface area (TPSA) is 20.3 Å². The van der Waals surface area contributed by atoms with E-state index in [2.05, 4.69) is 19.7 Å². The Balaban J connectivity index is 2.29. The largest absolute Gasteiger partial charge is 0.268 e. The third-order valence-corrected chi connectivity index (χ3v) is 3.35. The van der Waals surface area contributed by atoms with Crippen molar-refractivity contribution in [1.82, 2.24) is 0 Å². The molecule has 0 unspecified atom stereocenters. The SMILES string of the molecule is CCCc1ccccc1N(S)C(=O)c1ccccc1. The van der Waals surface area contributed by atoms with Crippen molar-refractivity contribution in [2.24, 2.45) is 0 Å². The average Bonchev–Trinajstić information content (AvgIpc) is 2.47. The zero-order valence-corrected chi connectivity index (χ0v) is 11.8. The highest BCUT2D eigenvalue weighted by atomic mass is 32.1. The molecule has 0 aliphatic heterocycles. The van der Waals surface area contributed by atoms with Crippen molar-refractivity contribution in [2.75, 3.05) is 4.31 Å². The van der Waals surface area contributed by atoms with E-state index in [1.165, 1.54) is 4.31 Å². The number of hydrogen-bond acceptors (Lipinski definition) is 2. The molecule has 2 nitrogen and oxygen atoms in total. The fourth-order valence-corrected chi connectivity index (χ4v) is 2.32. The van der Waals surface area contributed by atoms with Crippen LogP contribution in [0.2, 0.25) is 0 Å². The number of nitrogens with zero attached hydrogens (tertiary/aromatic N) is 1. The Hall–Kier alpha value is -1.74. The third kappa shape index (κ3) is 3.18. The summed E-state index contributed by atoms with van der Waals surface area (Å²) in [4.78, 5) is 12.4. The van der Waals surface area contributed by atoms with Crippen molar-refractivity contribution in [3.63, 3.8) is 0 Å². The lowest BCUT2D eigenvalue weighted by atomic mass is 10.1. The van der Waals surface area contributed by atoms with Gasteiger partial charge in [0.1, 0.15) is 0 Å². The molecule has 3 heteroatoms. The van der Waals surface area contributed by atoms with E-state index < -0.39 is 0 Å². The van der Waals surface area contributed by atoms with Crippen molar-refractivity contribution in [3.05, 3.63) is 65.7 Å². The number of para-hydroxylation sites is 1. The summed E-state index contributed by atoms with van der Waals surface area (Å²) in [6.45, 7) is 2.12. The molecule has 0 saturated carbocycles. The van der Waals surface area contributed by atoms with E-state index in [1.807, 2.05) is 42.5 Å². The fourth-order valence-electron chi connectivity index (χ4n) is 2.01. The normalized spacial score (nSPS) is 10.2. The summed E-state index contributed by atoms with van der Waals surface area (Å²) >= 11 is 4.37. The number of benzene rings is 2. The van der Waals surface area contributed by atoms with E-state index in [0.29, 0.717) is 5.56 Å². The molecule has 2 rings (SSSR count). The van der Waals surface area contributed by atoms with Crippen LogP contribution in [-0.4, -0.2) is 5.91 Å². The maximum absolute atomic E-state index is 12.4. The van der Waals surface area contributed by atoms with Crippen molar-refractivity contribution in [3.8, 4) is 0 Å². The summed E-state index contributed by atoms with van der Waals surface area (Å²) in [6, 6.07) is 17.1. The van der Waals surface area contributed by atoms with Crippen molar-refractivity contribution < 1.29 is 4.79 Å². The zero-order chi connectivity index (χ0) is 13.7. The van der Waals surface area contributed by atoms with Gasteiger partial charge in [0.2, 0.25) is 0 Å². The van der Waals surface area contributed by atoms with Gasteiger partial charge in [-0.25, -0.2) is 0 Å². The average molecular weight is 271 g/mol. The maximum atomic E-state index is 12.4. The lowest BCUT2D eigenvalue weighted by molar-refractivity contribution is 0.101. The number of rotatable bonds is 4. The Bertz CT molecular complexity index is 554. The van der Waals surface area contributed by atoms with Crippen LogP contribution in [0.4, 0.5) is 5.69 Å². The van der Waals surface area contributed by atoms with E-state index >= 15 is 0 Å². The first kappa shape index (κ1) is 13.7. The van der Waals surface area contributed by atoms with Crippen LogP contribution in [0.25, 0.3) is 0 Å². The second-order valence-corrected chi connectivity index (χ2v) is 4.76. The van der Waals surface area contributed by atoms with Crippen LogP contribution in [0.3, 0.4) is 0 Å². The minimum absolute atomic E-state index is 0.104. The molecule has 0 atom stereocenters. The van der Waals surface area contributed by atoms with Gasteiger partial charge in [-0.3, -0.25) is 9.10 Å². The summed E-state index contributed by atoms with van der Waals surface area (Å²) < 4.78 is 1.43. The number of anilines is 1. The van der Waals surface area contributed by atoms with Gasteiger partial charge in [-0.05, 0) is 30.2 Å². The molecule has 0 aliphatic rings. The predicted molar refractivity (Wildman–Crippen MR) is 82.7 cm³/mol. The summed E-state index contributed by atoms with van der Waals surface area (Å²) in [5.41, 5.74) is 2.65. The van der Waals surface area contributed by atoms with Gasteiger partial charge in [0.25, 0.3) is 5.91 Å². The Morgan fingerprint density at radius 3 is 2.37 bits per heavy atom. The number of carbonyl (C=O) groups is 1. The Morgan fingerprint density at radius 1 is 1.05 bits per heavy atom. The number of hydrogen-bond donors (Lipinski definition) is 1. The molecule has 0 N–H and O–H groups in total. The first-order chi connectivity index (χ1) is 9.24. The van der Waals surface area contributed by atoms with Gasteiger partial charge >= 0.3 is 0 Å². The predicted octanol–water partition coefficient (Wildman–Crippen LogP) is 4.13. The molecule has 0 saturated heterocycles. The van der Waals surface area contributed by atoms with E-state index in [1.54, 1.807) is 12.1 Å². The Kier molecular flexibility index (Phi) is 4.63. The van der Waals surface area contributed by atoms with Gasteiger partial charge in [0.15, 0.2) is 0 Å². The van der Waals surface area contributed by atoms with Gasteiger partial charge in [-0.2, -0.15) is 0 Å². The van der Waals surface area contributed by atoms with Crippen LogP contribution in [-0.2, 0) is 6.42 Å². The molecular weight excluding hydrogens is 254 g/mol. The molecular formula is C16H17NOS. The summed E-state index contributed by atoms with van der Waals surface area (Å²) in [5, 5.41) is 0. The smallest absolute Gasteiger partial charge is 0.268 e. The summed E-state index contributed by atoms with van der Waals surface area (Å²) in [5.74, 6) is -0.104. The number of amides is 1. The quantitative estimate of drug-likeness (QED) is 0.829. The van der Waals surface area contributed by atoms with Gasteiger partial charge in [-0.15, -0.1) is 0 Å². The Morgan fingerprint density at radius 2 is 1.68 bits per heavy atom. The highest BCUT2D eigenvalue weighted by Gasteiger charge is 2.16. The lowest BCUT2D eigenvalue weighted by Crippen LogP contribution is -2.21. The lowest BCUT2D eigenvalue weighted by Gasteiger charge is -2.19. The third-order valence-electron chi connectivity index (χ3n) is 2.95. The molecule has 19 heavy (non-hydrogen) atoms. The summed E-state index contributed by atoms with van der Waals surface area (Å²) in [6.07, 6.45) is 1.98. The Labute approximate surface area is 119 Å². The monoisotopic (exact) mass is 271 g/mol.